The lowest BCUT2D eigenvalue weighted by molar-refractivity contribution is 0.185. The molecule has 1 aliphatic rings. The van der Waals surface area contributed by atoms with Gasteiger partial charge in [-0.15, -0.1) is 0 Å². The van der Waals surface area contributed by atoms with Crippen LogP contribution >= 0.6 is 0 Å². The lowest BCUT2D eigenvalue weighted by Crippen LogP contribution is -2.31. The second-order valence-electron chi connectivity index (χ2n) is 5.45. The fourth-order valence-electron chi connectivity index (χ4n) is 2.57. The number of hydrogen-bond donors (Lipinski definition) is 1. The quantitative estimate of drug-likeness (QED) is 0.848. The number of benzene rings is 1. The van der Waals surface area contributed by atoms with E-state index < -0.39 is 0 Å². The van der Waals surface area contributed by atoms with Crippen molar-refractivity contribution in [2.75, 3.05) is 6.54 Å². The smallest absolute Gasteiger partial charge is 0.124 e. The highest BCUT2D eigenvalue weighted by Crippen LogP contribution is 2.39. The normalized spacial score (nSPS) is 22.1. The average molecular weight is 247 g/mol. The molecular weight excluding hydrogens is 222 g/mol. The molecule has 1 aromatic carbocycles. The van der Waals surface area contributed by atoms with Crippen LogP contribution < -0.4 is 10.1 Å². The van der Waals surface area contributed by atoms with Crippen molar-refractivity contribution >= 4 is 0 Å². The first-order valence-corrected chi connectivity index (χ1v) is 7.21. The van der Waals surface area contributed by atoms with Crippen LogP contribution in [0.25, 0.3) is 0 Å². The summed E-state index contributed by atoms with van der Waals surface area (Å²) in [6.45, 7) is 9.93. The van der Waals surface area contributed by atoms with Crippen LogP contribution in [0.15, 0.2) is 18.2 Å². The maximum atomic E-state index is 6.04. The largest absolute Gasteiger partial charge is 0.488 e. The van der Waals surface area contributed by atoms with Crippen molar-refractivity contribution in [3.63, 3.8) is 0 Å². The van der Waals surface area contributed by atoms with E-state index in [2.05, 4.69) is 51.2 Å². The monoisotopic (exact) mass is 247 g/mol. The number of ether oxygens (including phenoxy) is 1. The van der Waals surface area contributed by atoms with Gasteiger partial charge in [-0.2, -0.15) is 0 Å². The summed E-state index contributed by atoms with van der Waals surface area (Å²) >= 11 is 0. The van der Waals surface area contributed by atoms with Crippen molar-refractivity contribution < 1.29 is 4.74 Å². The number of rotatable bonds is 5. The molecule has 100 valence electrons. The van der Waals surface area contributed by atoms with E-state index in [0.717, 1.165) is 25.1 Å². The minimum atomic E-state index is 0.286. The predicted molar refractivity (Wildman–Crippen MR) is 76.3 cm³/mol. The van der Waals surface area contributed by atoms with Gasteiger partial charge in [0.25, 0.3) is 0 Å². The molecule has 1 aromatic rings. The van der Waals surface area contributed by atoms with Gasteiger partial charge in [-0.3, -0.25) is 0 Å². The minimum absolute atomic E-state index is 0.286. The zero-order valence-electron chi connectivity index (χ0n) is 12.0. The number of hydrogen-bond acceptors (Lipinski definition) is 2. The fourth-order valence-corrected chi connectivity index (χ4v) is 2.57. The van der Waals surface area contributed by atoms with Crippen molar-refractivity contribution in [2.45, 2.75) is 58.6 Å². The number of nitrogens with one attached hydrogen (secondary N) is 1. The van der Waals surface area contributed by atoms with Crippen molar-refractivity contribution in [2.24, 2.45) is 0 Å². The molecule has 2 atom stereocenters. The molecular formula is C16H25NO. The molecule has 0 bridgehead atoms. The van der Waals surface area contributed by atoms with Crippen LogP contribution in [0.2, 0.25) is 0 Å². The van der Waals surface area contributed by atoms with Crippen LogP contribution in [-0.2, 0) is 0 Å². The lowest BCUT2D eigenvalue weighted by Gasteiger charge is -2.19. The summed E-state index contributed by atoms with van der Waals surface area (Å²) in [5, 5.41) is 3.63. The van der Waals surface area contributed by atoms with Gasteiger partial charge in [-0.25, -0.2) is 0 Å². The molecule has 2 heteroatoms. The molecule has 0 aromatic heterocycles. The zero-order valence-corrected chi connectivity index (χ0v) is 12.0. The molecule has 2 unspecified atom stereocenters. The summed E-state index contributed by atoms with van der Waals surface area (Å²) in [5.74, 6) is 1.64. The Labute approximate surface area is 111 Å². The highest BCUT2D eigenvalue weighted by molar-refractivity contribution is 5.44. The van der Waals surface area contributed by atoms with Gasteiger partial charge in [0.1, 0.15) is 11.9 Å². The van der Waals surface area contributed by atoms with Crippen molar-refractivity contribution in [3.05, 3.63) is 29.3 Å². The van der Waals surface area contributed by atoms with Gasteiger partial charge < -0.3 is 10.1 Å². The fraction of sp³-hybridized carbons (Fsp3) is 0.625. The molecule has 1 heterocycles. The van der Waals surface area contributed by atoms with Gasteiger partial charge in [0.15, 0.2) is 0 Å². The van der Waals surface area contributed by atoms with Crippen LogP contribution in [0.1, 0.15) is 63.6 Å². The van der Waals surface area contributed by atoms with Crippen molar-refractivity contribution in [1.82, 2.24) is 5.32 Å². The second kappa shape index (κ2) is 5.75. The average Bonchev–Trinajstić information content (AvgIpc) is 2.73. The Hall–Kier alpha value is -1.02. The van der Waals surface area contributed by atoms with E-state index in [1.165, 1.54) is 11.1 Å². The Bertz CT molecular complexity index is 400. The first-order valence-electron chi connectivity index (χ1n) is 7.21. The second-order valence-corrected chi connectivity index (χ2v) is 5.45. The summed E-state index contributed by atoms with van der Waals surface area (Å²) in [6, 6.07) is 7.02. The molecule has 0 aliphatic carbocycles. The molecule has 0 amide bonds. The molecule has 1 aliphatic heterocycles. The van der Waals surface area contributed by atoms with Crippen molar-refractivity contribution in [3.8, 4) is 5.75 Å². The Morgan fingerprint density at radius 2 is 2.06 bits per heavy atom. The van der Waals surface area contributed by atoms with E-state index in [9.17, 15) is 0 Å². The first-order chi connectivity index (χ1) is 8.67. The van der Waals surface area contributed by atoms with Gasteiger partial charge >= 0.3 is 0 Å². The van der Waals surface area contributed by atoms with Gasteiger partial charge in [0, 0.05) is 5.56 Å². The molecule has 0 fully saturated rings. The van der Waals surface area contributed by atoms with Crippen molar-refractivity contribution in [1.29, 1.82) is 0 Å². The Morgan fingerprint density at radius 3 is 2.67 bits per heavy atom. The lowest BCUT2D eigenvalue weighted by atomic mass is 9.96. The third-order valence-electron chi connectivity index (χ3n) is 3.70. The van der Waals surface area contributed by atoms with E-state index in [0.29, 0.717) is 12.0 Å². The topological polar surface area (TPSA) is 21.3 Å². The summed E-state index contributed by atoms with van der Waals surface area (Å²) in [6.07, 6.45) is 2.49. The summed E-state index contributed by atoms with van der Waals surface area (Å²) in [4.78, 5) is 0. The van der Waals surface area contributed by atoms with Crippen LogP contribution in [0.5, 0.6) is 5.75 Å². The van der Waals surface area contributed by atoms with E-state index in [1.807, 2.05) is 0 Å². The highest BCUT2D eigenvalue weighted by atomic mass is 16.5. The Balaban J connectivity index is 2.27. The Kier molecular flexibility index (Phi) is 4.28. The summed E-state index contributed by atoms with van der Waals surface area (Å²) in [5.41, 5.74) is 2.75. The maximum Gasteiger partial charge on any atom is 0.124 e. The van der Waals surface area contributed by atoms with Gasteiger partial charge in [-0.05, 0) is 36.9 Å². The van der Waals surface area contributed by atoms with Crippen LogP contribution in [0, 0.1) is 0 Å². The molecule has 0 radical (unpaired) electrons. The molecule has 2 rings (SSSR count). The van der Waals surface area contributed by atoms with E-state index in [-0.39, 0.29) is 6.10 Å². The first kappa shape index (κ1) is 13.4. The number of fused-ring (bicyclic) bond motifs is 1. The summed E-state index contributed by atoms with van der Waals surface area (Å²) < 4.78 is 6.04. The van der Waals surface area contributed by atoms with Crippen LogP contribution in [-0.4, -0.2) is 12.6 Å². The third kappa shape index (κ3) is 2.54. The molecule has 0 spiro atoms. The Morgan fingerprint density at radius 1 is 1.28 bits per heavy atom. The SMILES string of the molecule is CCCNC1c2cc(C(C)C)ccc2OC1CC. The maximum absolute atomic E-state index is 6.04. The van der Waals surface area contributed by atoms with E-state index in [4.69, 9.17) is 4.74 Å². The van der Waals surface area contributed by atoms with Crippen LogP contribution in [0.4, 0.5) is 0 Å². The molecule has 2 nitrogen and oxygen atoms in total. The molecule has 1 N–H and O–H groups in total. The predicted octanol–water partition coefficient (Wildman–Crippen LogP) is 4.02. The van der Waals surface area contributed by atoms with E-state index in [1.54, 1.807) is 0 Å². The molecule has 0 saturated carbocycles. The minimum Gasteiger partial charge on any atom is -0.488 e. The van der Waals surface area contributed by atoms with Gasteiger partial charge in [0.2, 0.25) is 0 Å². The molecule has 0 saturated heterocycles. The summed E-state index contributed by atoms with van der Waals surface area (Å²) in [7, 11) is 0. The van der Waals surface area contributed by atoms with Crippen LogP contribution in [0.3, 0.4) is 0 Å². The van der Waals surface area contributed by atoms with Gasteiger partial charge in [0.05, 0.1) is 6.04 Å². The third-order valence-corrected chi connectivity index (χ3v) is 3.70. The van der Waals surface area contributed by atoms with Gasteiger partial charge in [-0.1, -0.05) is 39.8 Å². The zero-order chi connectivity index (χ0) is 13.1. The highest BCUT2D eigenvalue weighted by Gasteiger charge is 2.32. The van der Waals surface area contributed by atoms with E-state index >= 15 is 0 Å². The molecule has 18 heavy (non-hydrogen) atoms. The standard InChI is InChI=1S/C16H25NO/c1-5-9-17-16-13-10-12(11(3)4)7-8-15(13)18-14(16)6-2/h7-8,10-11,14,16-17H,5-6,9H2,1-4H3.